The third-order valence-electron chi connectivity index (χ3n) is 7.94. The first-order valence-corrected chi connectivity index (χ1v) is 19.0. The van der Waals surface area contributed by atoms with Gasteiger partial charge in [0.2, 0.25) is 5.95 Å². The molecule has 0 unspecified atom stereocenters. The monoisotopic (exact) mass is 802 g/mol. The fourth-order valence-electron chi connectivity index (χ4n) is 5.18. The Labute approximate surface area is 324 Å². The Hall–Kier alpha value is -6.53. The highest BCUT2D eigenvalue weighted by molar-refractivity contribution is 7.48. The topological polar surface area (TPSA) is 273 Å². The number of carbonyl (C=O) groups is 4. The molecule has 3 aromatic carbocycles. The van der Waals surface area contributed by atoms with Gasteiger partial charge >= 0.3 is 19.8 Å². The van der Waals surface area contributed by atoms with Crippen LogP contribution in [0, 0.1) is 0 Å². The molecule has 2 aromatic heterocycles. The smallest absolute Gasteiger partial charge is 0.475 e. The number of hydrogen-bond acceptors (Lipinski definition) is 14. The predicted molar refractivity (Wildman–Crippen MR) is 207 cm³/mol. The molecule has 298 valence electrons. The number of carboxylic acid groups (broad SMARTS) is 2. The molecule has 0 radical (unpaired) electrons. The molecule has 0 spiro atoms. The van der Waals surface area contributed by atoms with Crippen molar-refractivity contribution in [3.63, 3.8) is 0 Å². The van der Waals surface area contributed by atoms with Crippen molar-refractivity contribution < 1.29 is 47.5 Å². The number of phosphoric acid groups is 1. The zero-order valence-corrected chi connectivity index (χ0v) is 31.6. The van der Waals surface area contributed by atoms with E-state index in [9.17, 15) is 33.6 Å². The summed E-state index contributed by atoms with van der Waals surface area (Å²) in [5.41, 5.74) is 2.35. The van der Waals surface area contributed by atoms with Gasteiger partial charge in [-0.2, -0.15) is 4.98 Å². The number of hydrogen-bond donors (Lipinski definition) is 7. The molecule has 20 heteroatoms. The van der Waals surface area contributed by atoms with Gasteiger partial charge in [-0.15, -0.1) is 0 Å². The second kappa shape index (κ2) is 19.4. The quantitative estimate of drug-likeness (QED) is 0.0506. The van der Waals surface area contributed by atoms with E-state index in [1.54, 1.807) is 74.5 Å². The van der Waals surface area contributed by atoms with Crippen molar-refractivity contribution in [2.24, 2.45) is 0 Å². The summed E-state index contributed by atoms with van der Waals surface area (Å²) in [5, 5.41) is 29.3. The molecule has 2 amide bonds. The lowest BCUT2D eigenvalue weighted by atomic mass is 10.1. The average Bonchev–Trinajstić information content (AvgIpc) is 3.19. The number of carbonyl (C=O) groups excluding carboxylic acids is 2. The third kappa shape index (κ3) is 11.7. The Morgan fingerprint density at radius 1 is 0.860 bits per heavy atom. The highest BCUT2D eigenvalue weighted by Gasteiger charge is 2.25. The summed E-state index contributed by atoms with van der Waals surface area (Å²) in [5.74, 6) is -3.61. The number of nitrogens with zero attached hydrogens (tertiary/aromatic N) is 3. The van der Waals surface area contributed by atoms with E-state index in [0.29, 0.717) is 28.3 Å². The molecule has 2 heterocycles. The number of aromatic nitrogens is 4. The summed E-state index contributed by atoms with van der Waals surface area (Å²) >= 11 is 0. The van der Waals surface area contributed by atoms with Crippen molar-refractivity contribution in [2.75, 3.05) is 29.2 Å². The fourth-order valence-corrected chi connectivity index (χ4v) is 6.34. The Bertz CT molecular complexity index is 2330. The molecule has 19 nitrogen and oxygen atoms in total. The third-order valence-corrected chi connectivity index (χ3v) is 9.53. The van der Waals surface area contributed by atoms with Crippen LogP contribution in [-0.4, -0.2) is 73.2 Å². The van der Waals surface area contributed by atoms with Crippen LogP contribution < -0.4 is 26.8 Å². The number of aromatic amines is 1. The first-order chi connectivity index (χ1) is 27.4. The van der Waals surface area contributed by atoms with Crippen LogP contribution in [0.1, 0.15) is 58.7 Å². The van der Waals surface area contributed by atoms with Crippen LogP contribution in [0.5, 0.6) is 0 Å². The number of nitrogens with one attached hydrogen (secondary N) is 5. The molecule has 0 saturated carbocycles. The van der Waals surface area contributed by atoms with Gasteiger partial charge in [-0.3, -0.25) is 37.7 Å². The number of anilines is 4. The lowest BCUT2D eigenvalue weighted by Crippen LogP contribution is -2.41. The summed E-state index contributed by atoms with van der Waals surface area (Å²) in [6.45, 7) is 3.80. The number of para-hydroxylation sites is 1. The van der Waals surface area contributed by atoms with Crippen LogP contribution in [0.3, 0.4) is 0 Å². The minimum absolute atomic E-state index is 0.0226. The number of rotatable bonds is 20. The summed E-state index contributed by atoms with van der Waals surface area (Å²) in [7, 11) is -3.68. The lowest BCUT2D eigenvalue weighted by molar-refractivity contribution is -0.140. The van der Waals surface area contributed by atoms with Crippen LogP contribution in [0.4, 0.5) is 23.0 Å². The first kappa shape index (κ1) is 41.6. The highest BCUT2D eigenvalue weighted by atomic mass is 31.2. The minimum atomic E-state index is -3.68. The Balaban J connectivity index is 1.19. The predicted octanol–water partition coefficient (Wildman–Crippen LogP) is 5.07. The fraction of sp³-hybridized carbons (Fsp3) is 0.243. The minimum Gasteiger partial charge on any atom is -0.481 e. The van der Waals surface area contributed by atoms with Crippen molar-refractivity contribution in [1.29, 1.82) is 0 Å². The molecule has 7 N–H and O–H groups in total. The van der Waals surface area contributed by atoms with Gasteiger partial charge in [0.25, 0.3) is 17.4 Å². The normalized spacial score (nSPS) is 11.8. The number of carboxylic acids is 2. The summed E-state index contributed by atoms with van der Waals surface area (Å²) in [6.07, 6.45) is 0.760. The van der Waals surface area contributed by atoms with Gasteiger partial charge in [0, 0.05) is 23.4 Å². The zero-order chi connectivity index (χ0) is 41.0. The molecular formula is C37H39N8O11P. The summed E-state index contributed by atoms with van der Waals surface area (Å²) in [6, 6.07) is 18.1. The molecule has 0 fully saturated rings. The maximum atomic E-state index is 13.3. The van der Waals surface area contributed by atoms with Crippen LogP contribution in [0.2, 0.25) is 0 Å². The molecular weight excluding hydrogens is 763 g/mol. The van der Waals surface area contributed by atoms with Crippen molar-refractivity contribution in [1.82, 2.24) is 25.3 Å². The first-order valence-electron chi connectivity index (χ1n) is 17.5. The number of amides is 2. The second-order valence-electron chi connectivity index (χ2n) is 12.1. The van der Waals surface area contributed by atoms with Gasteiger partial charge in [-0.1, -0.05) is 24.3 Å². The van der Waals surface area contributed by atoms with E-state index < -0.39 is 49.6 Å². The van der Waals surface area contributed by atoms with Crippen LogP contribution in [-0.2, 0) is 40.9 Å². The van der Waals surface area contributed by atoms with E-state index in [2.05, 4.69) is 41.2 Å². The molecule has 1 atom stereocenters. The van der Waals surface area contributed by atoms with Crippen LogP contribution in [0.15, 0.2) is 83.8 Å². The van der Waals surface area contributed by atoms with E-state index in [4.69, 9.17) is 18.7 Å². The molecule has 0 bridgehead atoms. The molecule has 0 saturated heterocycles. The Morgan fingerprint density at radius 2 is 1.54 bits per heavy atom. The summed E-state index contributed by atoms with van der Waals surface area (Å²) < 4.78 is 28.2. The molecule has 5 aromatic rings. The molecule has 0 aliphatic heterocycles. The zero-order valence-electron chi connectivity index (χ0n) is 30.7. The van der Waals surface area contributed by atoms with Crippen molar-refractivity contribution in [2.45, 2.75) is 45.9 Å². The number of H-pyrrole nitrogens is 1. The van der Waals surface area contributed by atoms with E-state index in [-0.39, 0.29) is 61.0 Å². The van der Waals surface area contributed by atoms with Crippen molar-refractivity contribution >= 4 is 65.8 Å². The molecule has 57 heavy (non-hydrogen) atoms. The molecule has 5 rings (SSSR count). The molecule has 0 aliphatic carbocycles. The highest BCUT2D eigenvalue weighted by Crippen LogP contribution is 2.49. The van der Waals surface area contributed by atoms with E-state index in [0.717, 1.165) is 0 Å². The van der Waals surface area contributed by atoms with E-state index >= 15 is 0 Å². The van der Waals surface area contributed by atoms with Gasteiger partial charge in [0.05, 0.1) is 49.5 Å². The van der Waals surface area contributed by atoms with Crippen LogP contribution in [0.25, 0.3) is 11.2 Å². The van der Waals surface area contributed by atoms with Gasteiger partial charge in [-0.25, -0.2) is 19.3 Å². The number of aliphatic carboxylic acids is 2. The standard InChI is InChI=1S/C37H39N8O11P/c1-3-54-57(53,55-4-2)56-21-22-9-13-25(14-10-22)41-34(49)27-7-5-6-8-28(27)43-37-44-32-31(35(50)45-37)40-26(20-39-32)19-38-24-15-11-23(12-16-24)33(48)42-29(36(51)52)17-18-30(46)47/h5-16,20,29,38H,3-4,17-19,21H2,1-2H3,(H,41,49)(H,42,48)(H,46,47)(H,51,52)(H2,39,43,44,45,50)/t29-/m0/s1. The Kier molecular flexibility index (Phi) is 14.1. The van der Waals surface area contributed by atoms with Gasteiger partial charge in [-0.05, 0) is 74.4 Å². The lowest BCUT2D eigenvalue weighted by Gasteiger charge is -2.16. The van der Waals surface area contributed by atoms with Crippen molar-refractivity contribution in [3.8, 4) is 0 Å². The average molecular weight is 803 g/mol. The van der Waals surface area contributed by atoms with Crippen LogP contribution >= 0.6 is 7.82 Å². The van der Waals surface area contributed by atoms with E-state index in [1.807, 2.05) is 0 Å². The van der Waals surface area contributed by atoms with E-state index in [1.165, 1.54) is 18.3 Å². The SMILES string of the molecule is CCOP(=O)(OCC)OCc1ccc(NC(=O)c2ccccc2Nc2nc3ncc(CNc4ccc(C(=O)N[C@@H](CCC(=O)O)C(=O)O)cc4)nc3c(=O)[nH]2)cc1. The molecule has 0 aliphatic rings. The number of fused-ring (bicyclic) bond motifs is 1. The van der Waals surface area contributed by atoms with Crippen molar-refractivity contribution in [3.05, 3.63) is 112 Å². The maximum absolute atomic E-state index is 13.3. The largest absolute Gasteiger partial charge is 0.481 e. The number of phosphoric ester groups is 1. The Morgan fingerprint density at radius 3 is 2.21 bits per heavy atom. The van der Waals surface area contributed by atoms with Gasteiger partial charge in [0.15, 0.2) is 11.2 Å². The second-order valence-corrected chi connectivity index (χ2v) is 13.7. The summed E-state index contributed by atoms with van der Waals surface area (Å²) in [4.78, 5) is 76.8. The van der Waals surface area contributed by atoms with Gasteiger partial charge < -0.3 is 31.5 Å². The maximum Gasteiger partial charge on any atom is 0.475 e. The number of benzene rings is 3. The van der Waals surface area contributed by atoms with Gasteiger partial charge in [0.1, 0.15) is 6.04 Å².